The van der Waals surface area contributed by atoms with Crippen LogP contribution in [-0.4, -0.2) is 42.0 Å². The lowest BCUT2D eigenvalue weighted by molar-refractivity contribution is -0.384. The first kappa shape index (κ1) is 21.1. The predicted molar refractivity (Wildman–Crippen MR) is 101 cm³/mol. The molecule has 148 valence electrons. The molecule has 1 aromatic rings. The van der Waals surface area contributed by atoms with Gasteiger partial charge in [-0.3, -0.25) is 19.7 Å². The van der Waals surface area contributed by atoms with Crippen LogP contribution in [0.2, 0.25) is 5.02 Å². The summed E-state index contributed by atoms with van der Waals surface area (Å²) in [5.41, 5.74) is -0.121. The average molecular weight is 398 g/mol. The topological polar surface area (TPSA) is 111 Å². The molecule has 2 unspecified atom stereocenters. The number of nitrogens with one attached hydrogen (secondary N) is 2. The van der Waals surface area contributed by atoms with Crippen LogP contribution in [0.4, 0.5) is 5.69 Å². The van der Waals surface area contributed by atoms with E-state index in [0.717, 1.165) is 31.9 Å². The van der Waals surface area contributed by atoms with Crippen LogP contribution in [0.15, 0.2) is 18.2 Å². The maximum atomic E-state index is 12.5. The maximum absolute atomic E-state index is 12.5. The third-order valence-electron chi connectivity index (χ3n) is 4.43. The summed E-state index contributed by atoms with van der Waals surface area (Å²) >= 11 is 5.99. The molecule has 1 fully saturated rings. The fourth-order valence-electron chi connectivity index (χ4n) is 2.89. The van der Waals surface area contributed by atoms with E-state index < -0.39 is 16.9 Å². The van der Waals surface area contributed by atoms with Gasteiger partial charge in [0.15, 0.2) is 0 Å². The Hall–Kier alpha value is -2.19. The molecule has 1 aromatic carbocycles. The van der Waals surface area contributed by atoms with Crippen LogP contribution in [0.1, 0.15) is 43.5 Å². The highest BCUT2D eigenvalue weighted by Gasteiger charge is 2.26. The molecule has 1 saturated heterocycles. The summed E-state index contributed by atoms with van der Waals surface area (Å²) in [5.74, 6) is -0.981. The summed E-state index contributed by atoms with van der Waals surface area (Å²) in [5, 5.41) is 16.2. The van der Waals surface area contributed by atoms with Crippen LogP contribution >= 0.6 is 11.6 Å². The van der Waals surface area contributed by atoms with Crippen LogP contribution in [0, 0.1) is 16.0 Å². The Morgan fingerprint density at radius 1 is 1.41 bits per heavy atom. The number of ether oxygens (including phenoxy) is 1. The molecule has 0 radical (unpaired) electrons. The molecule has 8 nitrogen and oxygen atoms in total. The van der Waals surface area contributed by atoms with E-state index in [4.69, 9.17) is 16.3 Å². The molecule has 0 aromatic heterocycles. The van der Waals surface area contributed by atoms with E-state index in [1.165, 1.54) is 12.1 Å². The monoisotopic (exact) mass is 397 g/mol. The van der Waals surface area contributed by atoms with Crippen molar-refractivity contribution in [3.05, 3.63) is 38.9 Å². The number of nitro benzene ring substituents is 1. The van der Waals surface area contributed by atoms with Gasteiger partial charge in [0, 0.05) is 25.3 Å². The van der Waals surface area contributed by atoms with Crippen LogP contribution in [0.25, 0.3) is 0 Å². The molecule has 1 heterocycles. The molecular formula is C18H24ClN3O5. The Labute approximate surface area is 162 Å². The molecule has 2 N–H and O–H groups in total. The van der Waals surface area contributed by atoms with Crippen molar-refractivity contribution in [1.29, 1.82) is 0 Å². The average Bonchev–Trinajstić information content (AvgIpc) is 3.12. The summed E-state index contributed by atoms with van der Waals surface area (Å²) in [6, 6.07) is 2.85. The van der Waals surface area contributed by atoms with Crippen molar-refractivity contribution in [3.8, 4) is 0 Å². The van der Waals surface area contributed by atoms with E-state index in [0.29, 0.717) is 6.54 Å². The lowest BCUT2D eigenvalue weighted by Gasteiger charge is -2.22. The van der Waals surface area contributed by atoms with E-state index in [1.54, 1.807) is 0 Å². The zero-order chi connectivity index (χ0) is 20.0. The van der Waals surface area contributed by atoms with Gasteiger partial charge in [-0.25, -0.2) is 0 Å². The highest BCUT2D eigenvalue weighted by molar-refractivity contribution is 6.34. The molecule has 1 aliphatic heterocycles. The van der Waals surface area contributed by atoms with Crippen molar-refractivity contribution in [2.45, 2.75) is 45.3 Å². The SMILES string of the molecule is CC(C)C(NC(=O)c1ccc([N+](=O)[O-])cc1Cl)C(=O)NCCC1CCCO1. The Morgan fingerprint density at radius 3 is 2.70 bits per heavy atom. The Bertz CT molecular complexity index is 704. The fraction of sp³-hybridized carbons (Fsp3) is 0.556. The summed E-state index contributed by atoms with van der Waals surface area (Å²) in [6.07, 6.45) is 2.95. The number of hydrogen-bond donors (Lipinski definition) is 2. The van der Waals surface area contributed by atoms with E-state index in [-0.39, 0.29) is 34.2 Å². The third kappa shape index (κ3) is 5.90. The molecule has 9 heteroatoms. The molecule has 2 amide bonds. The number of halogens is 1. The molecule has 0 bridgehead atoms. The van der Waals surface area contributed by atoms with E-state index in [2.05, 4.69) is 10.6 Å². The number of carbonyl (C=O) groups excluding carboxylic acids is 2. The molecule has 2 rings (SSSR count). The largest absolute Gasteiger partial charge is 0.378 e. The van der Waals surface area contributed by atoms with Crippen LogP contribution < -0.4 is 10.6 Å². The van der Waals surface area contributed by atoms with Gasteiger partial charge in [-0.2, -0.15) is 0 Å². The summed E-state index contributed by atoms with van der Waals surface area (Å²) < 4.78 is 5.52. The Balaban J connectivity index is 1.96. The van der Waals surface area contributed by atoms with E-state index >= 15 is 0 Å². The second-order valence-electron chi connectivity index (χ2n) is 6.83. The Morgan fingerprint density at radius 2 is 2.15 bits per heavy atom. The standard InChI is InChI=1S/C18H24ClN3O5/c1-11(2)16(18(24)20-8-7-13-4-3-9-27-13)21-17(23)14-6-5-12(22(25)26)10-15(14)19/h5-6,10-11,13,16H,3-4,7-9H2,1-2H3,(H,20,24)(H,21,23). The molecule has 0 saturated carbocycles. The minimum atomic E-state index is -0.742. The highest BCUT2D eigenvalue weighted by atomic mass is 35.5. The number of benzene rings is 1. The van der Waals surface area contributed by atoms with Gasteiger partial charge in [0.1, 0.15) is 6.04 Å². The van der Waals surface area contributed by atoms with Gasteiger partial charge in [-0.1, -0.05) is 25.4 Å². The Kier molecular flexibility index (Phi) is 7.55. The van der Waals surface area contributed by atoms with Gasteiger partial charge in [0.25, 0.3) is 11.6 Å². The molecule has 2 atom stereocenters. The zero-order valence-electron chi connectivity index (χ0n) is 15.4. The minimum absolute atomic E-state index is 0.0389. The molecular weight excluding hydrogens is 374 g/mol. The summed E-state index contributed by atoms with van der Waals surface area (Å²) in [6.45, 7) is 4.88. The minimum Gasteiger partial charge on any atom is -0.378 e. The number of non-ortho nitro benzene ring substituents is 1. The van der Waals surface area contributed by atoms with E-state index in [1.807, 2.05) is 13.8 Å². The number of carbonyl (C=O) groups is 2. The van der Waals surface area contributed by atoms with Gasteiger partial charge in [-0.15, -0.1) is 0 Å². The quantitative estimate of drug-likeness (QED) is 0.517. The number of nitro groups is 1. The van der Waals surface area contributed by atoms with Gasteiger partial charge in [-0.05, 0) is 31.2 Å². The smallest absolute Gasteiger partial charge is 0.270 e. The van der Waals surface area contributed by atoms with Crippen molar-refractivity contribution in [3.63, 3.8) is 0 Å². The normalized spacial score (nSPS) is 17.6. The number of nitrogens with zero attached hydrogens (tertiary/aromatic N) is 1. The molecule has 0 aliphatic carbocycles. The summed E-state index contributed by atoms with van der Waals surface area (Å²) in [4.78, 5) is 35.1. The van der Waals surface area contributed by atoms with Crippen LogP contribution in [0.5, 0.6) is 0 Å². The number of hydrogen-bond acceptors (Lipinski definition) is 5. The van der Waals surface area contributed by atoms with Crippen molar-refractivity contribution in [1.82, 2.24) is 10.6 Å². The fourth-order valence-corrected chi connectivity index (χ4v) is 3.15. The molecule has 1 aliphatic rings. The van der Waals surface area contributed by atoms with E-state index in [9.17, 15) is 19.7 Å². The number of rotatable bonds is 8. The maximum Gasteiger partial charge on any atom is 0.270 e. The highest BCUT2D eigenvalue weighted by Crippen LogP contribution is 2.22. The zero-order valence-corrected chi connectivity index (χ0v) is 16.1. The number of amides is 2. The second-order valence-corrected chi connectivity index (χ2v) is 7.24. The first-order valence-electron chi connectivity index (χ1n) is 8.93. The van der Waals surface area contributed by atoms with Crippen molar-refractivity contribution < 1.29 is 19.2 Å². The van der Waals surface area contributed by atoms with Crippen LogP contribution in [-0.2, 0) is 9.53 Å². The molecule has 27 heavy (non-hydrogen) atoms. The lowest BCUT2D eigenvalue weighted by atomic mass is 10.0. The van der Waals surface area contributed by atoms with Crippen molar-refractivity contribution in [2.75, 3.05) is 13.2 Å². The third-order valence-corrected chi connectivity index (χ3v) is 4.75. The van der Waals surface area contributed by atoms with Crippen LogP contribution in [0.3, 0.4) is 0 Å². The van der Waals surface area contributed by atoms with Gasteiger partial charge >= 0.3 is 0 Å². The predicted octanol–water partition coefficient (Wildman–Crippen LogP) is 2.69. The van der Waals surface area contributed by atoms with Crippen molar-refractivity contribution >= 4 is 29.1 Å². The lowest BCUT2D eigenvalue weighted by Crippen LogP contribution is -2.50. The first-order valence-corrected chi connectivity index (χ1v) is 9.31. The van der Waals surface area contributed by atoms with Gasteiger partial charge in [0.2, 0.25) is 5.91 Å². The first-order chi connectivity index (χ1) is 12.8. The second kappa shape index (κ2) is 9.66. The van der Waals surface area contributed by atoms with Gasteiger partial charge in [0.05, 0.1) is 21.6 Å². The summed E-state index contributed by atoms with van der Waals surface area (Å²) in [7, 11) is 0. The van der Waals surface area contributed by atoms with Gasteiger partial charge < -0.3 is 15.4 Å². The van der Waals surface area contributed by atoms with Crippen molar-refractivity contribution in [2.24, 2.45) is 5.92 Å². The molecule has 0 spiro atoms.